The molecule has 0 fully saturated rings. The minimum absolute atomic E-state index is 0.0315. The van der Waals surface area contributed by atoms with Gasteiger partial charge in [0.2, 0.25) is 0 Å². The summed E-state index contributed by atoms with van der Waals surface area (Å²) in [5.74, 6) is -0.0826. The average molecular weight is 214 g/mol. The molecule has 0 saturated carbocycles. The molecule has 0 heterocycles. The first-order valence-corrected chi connectivity index (χ1v) is 4.40. The number of hydrogen-bond acceptors (Lipinski definition) is 3. The van der Waals surface area contributed by atoms with Crippen LogP contribution in [0.2, 0.25) is 0 Å². The first-order chi connectivity index (χ1) is 6.97. The van der Waals surface area contributed by atoms with Crippen LogP contribution in [0.3, 0.4) is 0 Å². The van der Waals surface area contributed by atoms with Crippen LogP contribution in [0.25, 0.3) is 0 Å². The second-order valence-corrected chi connectivity index (χ2v) is 2.86. The molecule has 0 amide bonds. The summed E-state index contributed by atoms with van der Waals surface area (Å²) >= 11 is 0. The van der Waals surface area contributed by atoms with E-state index in [9.17, 15) is 0 Å². The zero-order chi connectivity index (χ0) is 11.8. The molecule has 5 heteroatoms. The third-order valence-corrected chi connectivity index (χ3v) is 1.58. The maximum absolute atomic E-state index is 9.08. The summed E-state index contributed by atoms with van der Waals surface area (Å²) in [5, 5.41) is 32.0. The lowest BCUT2D eigenvalue weighted by atomic mass is 10.1. The normalized spacial score (nSPS) is 8.87. The van der Waals surface area contributed by atoms with Crippen LogP contribution in [0, 0.1) is 0 Å². The minimum atomic E-state index is -1.83. The van der Waals surface area contributed by atoms with E-state index in [0.717, 1.165) is 18.4 Å². The summed E-state index contributed by atoms with van der Waals surface area (Å²) in [7, 11) is 0. The molecule has 0 aromatic heterocycles. The number of phenols is 2. The van der Waals surface area contributed by atoms with Crippen molar-refractivity contribution in [3.63, 3.8) is 0 Å². The predicted molar refractivity (Wildman–Crippen MR) is 54.4 cm³/mol. The smallest absolute Gasteiger partial charge is 0.503 e. The molecule has 0 aliphatic carbocycles. The van der Waals surface area contributed by atoms with Crippen molar-refractivity contribution in [1.82, 2.24) is 0 Å². The van der Waals surface area contributed by atoms with Gasteiger partial charge < -0.3 is 20.4 Å². The van der Waals surface area contributed by atoms with Crippen LogP contribution in [-0.4, -0.2) is 26.6 Å². The molecule has 0 radical (unpaired) electrons. The maximum atomic E-state index is 9.08. The number of carbonyl (C=O) groups is 1. The van der Waals surface area contributed by atoms with E-state index < -0.39 is 6.16 Å². The lowest BCUT2D eigenvalue weighted by molar-refractivity contribution is 0.137. The third-order valence-electron chi connectivity index (χ3n) is 1.58. The summed E-state index contributed by atoms with van der Waals surface area (Å²) in [4.78, 5) is 8.56. The number of aromatic hydroxyl groups is 2. The Hall–Kier alpha value is -1.91. The average Bonchev–Trinajstić information content (AvgIpc) is 2.11. The Balaban J connectivity index is 0.000000423. The Morgan fingerprint density at radius 3 is 2.13 bits per heavy atom. The van der Waals surface area contributed by atoms with Crippen molar-refractivity contribution < 1.29 is 25.2 Å². The first kappa shape index (κ1) is 13.1. The van der Waals surface area contributed by atoms with Gasteiger partial charge >= 0.3 is 6.16 Å². The quantitative estimate of drug-likeness (QED) is 0.566. The van der Waals surface area contributed by atoms with Gasteiger partial charge in [-0.1, -0.05) is 19.4 Å². The van der Waals surface area contributed by atoms with Gasteiger partial charge in [-0.25, -0.2) is 4.79 Å². The summed E-state index contributed by atoms with van der Waals surface area (Å²) < 4.78 is 0. The molecule has 0 atom stereocenters. The second kappa shape index (κ2) is 6.53. The van der Waals surface area contributed by atoms with Crippen LogP contribution in [-0.2, 0) is 6.42 Å². The summed E-state index contributed by atoms with van der Waals surface area (Å²) in [5.41, 5.74) is 1.06. The molecule has 0 bridgehead atoms. The zero-order valence-corrected chi connectivity index (χ0v) is 8.34. The molecule has 1 rings (SSSR count). The van der Waals surface area contributed by atoms with Gasteiger partial charge in [-0.05, 0) is 24.1 Å². The van der Waals surface area contributed by atoms with Crippen LogP contribution in [0.15, 0.2) is 18.2 Å². The highest BCUT2D eigenvalue weighted by Gasteiger charge is 1.98. The van der Waals surface area contributed by atoms with Crippen molar-refractivity contribution in [2.45, 2.75) is 19.8 Å². The van der Waals surface area contributed by atoms with Gasteiger partial charge in [0.1, 0.15) is 0 Å². The van der Waals surface area contributed by atoms with E-state index in [2.05, 4.69) is 6.92 Å². The molecule has 0 saturated heterocycles. The maximum Gasteiger partial charge on any atom is 0.503 e. The largest absolute Gasteiger partial charge is 0.504 e. The van der Waals surface area contributed by atoms with Gasteiger partial charge in [0.05, 0.1) is 0 Å². The highest BCUT2D eigenvalue weighted by Crippen LogP contribution is 2.25. The molecule has 0 aliphatic rings. The molecule has 0 unspecified atom stereocenters. The number of aryl methyl sites for hydroxylation is 1. The molecule has 0 spiro atoms. The zero-order valence-electron chi connectivity index (χ0n) is 8.34. The van der Waals surface area contributed by atoms with Gasteiger partial charge in [0.15, 0.2) is 11.5 Å². The Labute approximate surface area is 87.2 Å². The van der Waals surface area contributed by atoms with Gasteiger partial charge in [-0.3, -0.25) is 0 Å². The van der Waals surface area contributed by atoms with Crippen molar-refractivity contribution in [1.29, 1.82) is 0 Å². The van der Waals surface area contributed by atoms with Crippen molar-refractivity contribution in [3.05, 3.63) is 23.8 Å². The van der Waals surface area contributed by atoms with Crippen LogP contribution >= 0.6 is 0 Å². The van der Waals surface area contributed by atoms with E-state index in [1.807, 2.05) is 6.07 Å². The Bertz CT molecular complexity index is 318. The summed E-state index contributed by atoms with van der Waals surface area (Å²) in [6, 6.07) is 4.93. The van der Waals surface area contributed by atoms with Gasteiger partial charge in [-0.2, -0.15) is 0 Å². The lowest BCUT2D eigenvalue weighted by Crippen LogP contribution is -1.81. The first-order valence-electron chi connectivity index (χ1n) is 4.40. The Morgan fingerprint density at radius 1 is 1.20 bits per heavy atom. The number of rotatable bonds is 2. The molecule has 1 aromatic rings. The van der Waals surface area contributed by atoms with E-state index in [-0.39, 0.29) is 11.5 Å². The van der Waals surface area contributed by atoms with Crippen molar-refractivity contribution in [2.75, 3.05) is 0 Å². The lowest BCUT2D eigenvalue weighted by Gasteiger charge is -2.00. The number of benzene rings is 1. The van der Waals surface area contributed by atoms with Gasteiger partial charge in [-0.15, -0.1) is 0 Å². The number of hydrogen-bond donors (Lipinski definition) is 4. The predicted octanol–water partition coefficient (Wildman–Crippen LogP) is 2.27. The molecule has 5 nitrogen and oxygen atoms in total. The van der Waals surface area contributed by atoms with Crippen LogP contribution in [0.4, 0.5) is 4.79 Å². The van der Waals surface area contributed by atoms with Crippen LogP contribution in [0.1, 0.15) is 18.9 Å². The highest BCUT2D eigenvalue weighted by molar-refractivity contribution is 5.53. The number of phenolic OH excluding ortho intramolecular Hbond substituents is 2. The summed E-state index contributed by atoms with van der Waals surface area (Å²) in [6.07, 6.45) is 0.151. The minimum Gasteiger partial charge on any atom is -0.504 e. The third kappa shape index (κ3) is 6.20. The molecule has 1 aromatic carbocycles. The van der Waals surface area contributed by atoms with Crippen LogP contribution < -0.4 is 0 Å². The van der Waals surface area contributed by atoms with E-state index in [1.54, 1.807) is 6.07 Å². The van der Waals surface area contributed by atoms with Crippen molar-refractivity contribution in [3.8, 4) is 11.5 Å². The van der Waals surface area contributed by atoms with E-state index >= 15 is 0 Å². The molecule has 84 valence electrons. The van der Waals surface area contributed by atoms with Crippen molar-refractivity contribution >= 4 is 6.16 Å². The van der Waals surface area contributed by atoms with Crippen LogP contribution in [0.5, 0.6) is 11.5 Å². The fraction of sp³-hybridized carbons (Fsp3) is 0.300. The fourth-order valence-corrected chi connectivity index (χ4v) is 1.01. The Kier molecular flexibility index (Phi) is 5.70. The monoisotopic (exact) mass is 214 g/mol. The van der Waals surface area contributed by atoms with Gasteiger partial charge in [0.25, 0.3) is 0 Å². The highest BCUT2D eigenvalue weighted by atomic mass is 16.6. The topological polar surface area (TPSA) is 98.0 Å². The molecule has 0 aliphatic heterocycles. The SMILES string of the molecule is CCCc1ccc(O)c(O)c1.O=C(O)O. The standard InChI is InChI=1S/C9H12O2.CH2O3/c1-2-3-7-4-5-8(10)9(11)6-7;2-1(3)4/h4-6,10-11H,2-3H2,1H3;(H2,2,3,4). The Morgan fingerprint density at radius 2 is 1.73 bits per heavy atom. The molecular formula is C10H14O5. The molecule has 4 N–H and O–H groups in total. The fourth-order valence-electron chi connectivity index (χ4n) is 1.01. The van der Waals surface area contributed by atoms with E-state index in [0.29, 0.717) is 0 Å². The van der Waals surface area contributed by atoms with E-state index in [1.165, 1.54) is 6.07 Å². The summed E-state index contributed by atoms with van der Waals surface area (Å²) in [6.45, 7) is 2.07. The van der Waals surface area contributed by atoms with Gasteiger partial charge in [0, 0.05) is 0 Å². The molecule has 15 heavy (non-hydrogen) atoms. The number of carboxylic acid groups (broad SMARTS) is 2. The molecular weight excluding hydrogens is 200 g/mol. The van der Waals surface area contributed by atoms with Crippen molar-refractivity contribution in [2.24, 2.45) is 0 Å². The second-order valence-electron chi connectivity index (χ2n) is 2.86. The van der Waals surface area contributed by atoms with E-state index in [4.69, 9.17) is 25.2 Å².